The molecule has 0 aliphatic heterocycles. The van der Waals surface area contributed by atoms with Gasteiger partial charge in [-0.25, -0.2) is 4.79 Å². The molecule has 0 saturated carbocycles. The minimum absolute atomic E-state index is 0.0527. The SMILES string of the molecule is CC(CCCC(=O)O)NC(=O)NCc1ccccn1. The Labute approximate surface area is 112 Å². The van der Waals surface area contributed by atoms with Crippen molar-refractivity contribution >= 4 is 12.0 Å². The summed E-state index contributed by atoms with van der Waals surface area (Å²) in [6.45, 7) is 2.22. The van der Waals surface area contributed by atoms with Crippen LogP contribution in [0, 0.1) is 0 Å². The predicted molar refractivity (Wildman–Crippen MR) is 70.6 cm³/mol. The number of carboxylic acid groups (broad SMARTS) is 1. The molecule has 1 atom stereocenters. The van der Waals surface area contributed by atoms with Gasteiger partial charge in [0.2, 0.25) is 0 Å². The Hall–Kier alpha value is -2.11. The van der Waals surface area contributed by atoms with Gasteiger partial charge in [0, 0.05) is 18.7 Å². The highest BCUT2D eigenvalue weighted by Gasteiger charge is 2.07. The van der Waals surface area contributed by atoms with Crippen molar-refractivity contribution in [2.45, 2.75) is 38.8 Å². The summed E-state index contributed by atoms with van der Waals surface area (Å²) in [5, 5.41) is 14.0. The number of aromatic nitrogens is 1. The molecular weight excluding hydrogens is 246 g/mol. The number of urea groups is 1. The number of nitrogens with one attached hydrogen (secondary N) is 2. The molecule has 6 nitrogen and oxygen atoms in total. The number of hydrogen-bond acceptors (Lipinski definition) is 3. The topological polar surface area (TPSA) is 91.3 Å². The van der Waals surface area contributed by atoms with E-state index in [0.717, 1.165) is 5.69 Å². The maximum absolute atomic E-state index is 11.6. The van der Waals surface area contributed by atoms with Gasteiger partial charge in [0.1, 0.15) is 0 Å². The second-order valence-corrected chi connectivity index (χ2v) is 4.34. The van der Waals surface area contributed by atoms with Gasteiger partial charge in [0.05, 0.1) is 12.2 Å². The maximum Gasteiger partial charge on any atom is 0.315 e. The smallest absolute Gasteiger partial charge is 0.315 e. The number of aliphatic carboxylic acids is 1. The van der Waals surface area contributed by atoms with Gasteiger partial charge < -0.3 is 15.7 Å². The van der Waals surface area contributed by atoms with Crippen LogP contribution in [-0.4, -0.2) is 28.1 Å². The first kappa shape index (κ1) is 14.9. The average molecular weight is 265 g/mol. The highest BCUT2D eigenvalue weighted by molar-refractivity contribution is 5.74. The zero-order valence-electron chi connectivity index (χ0n) is 10.9. The Bertz CT molecular complexity index is 409. The fourth-order valence-electron chi connectivity index (χ4n) is 1.58. The van der Waals surface area contributed by atoms with Crippen LogP contribution in [0.2, 0.25) is 0 Å². The van der Waals surface area contributed by atoms with E-state index in [1.54, 1.807) is 6.20 Å². The third kappa shape index (κ3) is 7.03. The van der Waals surface area contributed by atoms with Gasteiger partial charge in [-0.05, 0) is 31.9 Å². The molecule has 1 unspecified atom stereocenters. The van der Waals surface area contributed by atoms with Crippen molar-refractivity contribution in [1.82, 2.24) is 15.6 Å². The number of nitrogens with zero attached hydrogens (tertiary/aromatic N) is 1. The summed E-state index contributed by atoms with van der Waals surface area (Å²) in [6.07, 6.45) is 2.99. The number of carbonyl (C=O) groups is 2. The van der Waals surface area contributed by atoms with Crippen LogP contribution in [0.1, 0.15) is 31.9 Å². The van der Waals surface area contributed by atoms with E-state index in [-0.39, 0.29) is 18.5 Å². The third-order valence-electron chi connectivity index (χ3n) is 2.56. The summed E-state index contributed by atoms with van der Waals surface area (Å²) in [4.78, 5) is 26.0. The van der Waals surface area contributed by atoms with Gasteiger partial charge in [-0.3, -0.25) is 9.78 Å². The Morgan fingerprint density at radius 1 is 1.42 bits per heavy atom. The van der Waals surface area contributed by atoms with Crippen molar-refractivity contribution < 1.29 is 14.7 Å². The quantitative estimate of drug-likeness (QED) is 0.697. The Kier molecular flexibility index (Phi) is 6.35. The molecule has 1 rings (SSSR count). The lowest BCUT2D eigenvalue weighted by Gasteiger charge is -2.13. The minimum Gasteiger partial charge on any atom is -0.481 e. The predicted octanol–water partition coefficient (Wildman–Crippen LogP) is 1.52. The summed E-state index contributed by atoms with van der Waals surface area (Å²) < 4.78 is 0. The number of carboxylic acids is 1. The summed E-state index contributed by atoms with van der Waals surface area (Å²) in [7, 11) is 0. The van der Waals surface area contributed by atoms with E-state index in [4.69, 9.17) is 5.11 Å². The van der Waals surface area contributed by atoms with E-state index in [9.17, 15) is 9.59 Å². The molecule has 0 radical (unpaired) electrons. The van der Waals surface area contributed by atoms with Crippen molar-refractivity contribution in [2.75, 3.05) is 0 Å². The molecule has 1 aromatic heterocycles. The van der Waals surface area contributed by atoms with E-state index in [0.29, 0.717) is 19.4 Å². The fourth-order valence-corrected chi connectivity index (χ4v) is 1.58. The molecule has 6 heteroatoms. The lowest BCUT2D eigenvalue weighted by atomic mass is 10.1. The van der Waals surface area contributed by atoms with Crippen LogP contribution in [0.4, 0.5) is 4.79 Å². The van der Waals surface area contributed by atoms with Crippen molar-refractivity contribution in [3.05, 3.63) is 30.1 Å². The normalized spacial score (nSPS) is 11.6. The number of carbonyl (C=O) groups excluding carboxylic acids is 1. The summed E-state index contributed by atoms with van der Waals surface area (Å²) in [6, 6.07) is 5.18. The molecule has 0 fully saturated rings. The highest BCUT2D eigenvalue weighted by atomic mass is 16.4. The number of rotatable bonds is 7. The average Bonchev–Trinajstić information content (AvgIpc) is 2.37. The molecule has 0 aliphatic rings. The van der Waals surface area contributed by atoms with Gasteiger partial charge in [0.25, 0.3) is 0 Å². The van der Waals surface area contributed by atoms with Crippen molar-refractivity contribution in [1.29, 1.82) is 0 Å². The first-order valence-corrected chi connectivity index (χ1v) is 6.24. The zero-order valence-corrected chi connectivity index (χ0v) is 10.9. The maximum atomic E-state index is 11.6. The first-order chi connectivity index (χ1) is 9.08. The molecule has 19 heavy (non-hydrogen) atoms. The van der Waals surface area contributed by atoms with Crippen molar-refractivity contribution in [3.8, 4) is 0 Å². The Morgan fingerprint density at radius 3 is 2.84 bits per heavy atom. The molecular formula is C13H19N3O3. The number of pyridine rings is 1. The van der Waals surface area contributed by atoms with Gasteiger partial charge in [0.15, 0.2) is 0 Å². The molecule has 0 saturated heterocycles. The monoisotopic (exact) mass is 265 g/mol. The number of amides is 2. The molecule has 104 valence electrons. The van der Waals surface area contributed by atoms with Crippen LogP contribution in [0.15, 0.2) is 24.4 Å². The van der Waals surface area contributed by atoms with E-state index in [1.165, 1.54) is 0 Å². The standard InChI is InChI=1S/C13H19N3O3/c1-10(5-4-7-12(17)18)16-13(19)15-9-11-6-2-3-8-14-11/h2-3,6,8,10H,4-5,7,9H2,1H3,(H,17,18)(H2,15,16,19). The Balaban J connectivity index is 2.18. The largest absolute Gasteiger partial charge is 0.481 e. The lowest BCUT2D eigenvalue weighted by Crippen LogP contribution is -2.40. The second kappa shape index (κ2) is 8.07. The molecule has 1 heterocycles. The fraction of sp³-hybridized carbons (Fsp3) is 0.462. The van der Waals surface area contributed by atoms with E-state index < -0.39 is 5.97 Å². The molecule has 0 aromatic carbocycles. The molecule has 0 aliphatic carbocycles. The molecule has 0 bridgehead atoms. The van der Waals surface area contributed by atoms with Crippen LogP contribution in [0.3, 0.4) is 0 Å². The zero-order chi connectivity index (χ0) is 14.1. The van der Waals surface area contributed by atoms with Crippen LogP contribution >= 0.6 is 0 Å². The van der Waals surface area contributed by atoms with Crippen LogP contribution < -0.4 is 10.6 Å². The van der Waals surface area contributed by atoms with E-state index >= 15 is 0 Å². The molecule has 0 spiro atoms. The first-order valence-electron chi connectivity index (χ1n) is 6.24. The second-order valence-electron chi connectivity index (χ2n) is 4.34. The Morgan fingerprint density at radius 2 is 2.21 bits per heavy atom. The summed E-state index contributed by atoms with van der Waals surface area (Å²) >= 11 is 0. The van der Waals surface area contributed by atoms with Gasteiger partial charge >= 0.3 is 12.0 Å². The van der Waals surface area contributed by atoms with Gasteiger partial charge in [-0.1, -0.05) is 6.07 Å². The van der Waals surface area contributed by atoms with Crippen molar-refractivity contribution in [2.24, 2.45) is 0 Å². The summed E-state index contributed by atoms with van der Waals surface area (Å²) in [5.41, 5.74) is 0.788. The summed E-state index contributed by atoms with van der Waals surface area (Å²) in [5.74, 6) is -0.813. The molecule has 2 amide bonds. The van der Waals surface area contributed by atoms with Gasteiger partial charge in [-0.2, -0.15) is 0 Å². The third-order valence-corrected chi connectivity index (χ3v) is 2.56. The van der Waals surface area contributed by atoms with E-state index in [2.05, 4.69) is 15.6 Å². The minimum atomic E-state index is -0.813. The van der Waals surface area contributed by atoms with Crippen LogP contribution in [-0.2, 0) is 11.3 Å². The highest BCUT2D eigenvalue weighted by Crippen LogP contribution is 2.00. The van der Waals surface area contributed by atoms with Crippen LogP contribution in [0.25, 0.3) is 0 Å². The van der Waals surface area contributed by atoms with Crippen LogP contribution in [0.5, 0.6) is 0 Å². The van der Waals surface area contributed by atoms with Crippen molar-refractivity contribution in [3.63, 3.8) is 0 Å². The molecule has 1 aromatic rings. The molecule has 3 N–H and O–H groups in total. The lowest BCUT2D eigenvalue weighted by molar-refractivity contribution is -0.137. The van der Waals surface area contributed by atoms with E-state index in [1.807, 2.05) is 25.1 Å². The number of hydrogen-bond donors (Lipinski definition) is 3. The van der Waals surface area contributed by atoms with Gasteiger partial charge in [-0.15, -0.1) is 0 Å².